The lowest BCUT2D eigenvalue weighted by Gasteiger charge is -2.22. The van der Waals surface area contributed by atoms with Crippen LogP contribution in [0.4, 0.5) is 0 Å². The van der Waals surface area contributed by atoms with E-state index < -0.39 is 27.4 Å². The Bertz CT molecular complexity index is 480. The second-order valence-corrected chi connectivity index (χ2v) is 8.29. The summed E-state index contributed by atoms with van der Waals surface area (Å²) in [6, 6.07) is 0. The Morgan fingerprint density at radius 1 is 0.889 bits per heavy atom. The molecule has 0 saturated heterocycles. The first-order valence-corrected chi connectivity index (χ1v) is 11.3. The van der Waals surface area contributed by atoms with Crippen molar-refractivity contribution in [2.75, 3.05) is 26.4 Å². The summed E-state index contributed by atoms with van der Waals surface area (Å²) in [5.74, 6) is -1.41. The topological polar surface area (TPSA) is 130 Å². The Morgan fingerprint density at radius 2 is 1.41 bits per heavy atom. The van der Waals surface area contributed by atoms with Crippen LogP contribution in [0.2, 0.25) is 0 Å². The molecule has 0 aliphatic carbocycles. The van der Waals surface area contributed by atoms with E-state index in [1.807, 2.05) is 0 Å². The number of carbonyl (C=O) groups is 1. The summed E-state index contributed by atoms with van der Waals surface area (Å²) >= 11 is 0. The van der Waals surface area contributed by atoms with Gasteiger partial charge in [0.05, 0.1) is 19.8 Å². The molecule has 1 atom stereocenters. The van der Waals surface area contributed by atoms with E-state index in [4.69, 9.17) is 9.84 Å². The van der Waals surface area contributed by atoms with Gasteiger partial charge in [0.15, 0.2) is 0 Å². The lowest BCUT2D eigenvalue weighted by molar-refractivity contribution is -0.159. The van der Waals surface area contributed by atoms with Crippen molar-refractivity contribution in [3.05, 3.63) is 0 Å². The van der Waals surface area contributed by atoms with Crippen molar-refractivity contribution in [3.8, 4) is 0 Å². The summed E-state index contributed by atoms with van der Waals surface area (Å²) in [6.45, 7) is 1.70. The van der Waals surface area contributed by atoms with Crippen molar-refractivity contribution >= 4 is 16.1 Å². The lowest BCUT2D eigenvalue weighted by atomic mass is 10.0. The van der Waals surface area contributed by atoms with Crippen LogP contribution in [0.25, 0.3) is 0 Å². The van der Waals surface area contributed by atoms with E-state index in [-0.39, 0.29) is 32.8 Å². The van der Waals surface area contributed by atoms with Gasteiger partial charge in [0.25, 0.3) is 4.93 Å². The molecule has 3 N–H and O–H groups in total. The van der Waals surface area contributed by atoms with E-state index in [2.05, 4.69) is 11.7 Å². The van der Waals surface area contributed by atoms with Gasteiger partial charge in [-0.25, -0.2) is 4.79 Å². The molecule has 0 rings (SSSR count). The van der Waals surface area contributed by atoms with Crippen LogP contribution in [0, 0.1) is 0 Å². The Labute approximate surface area is 163 Å². The Kier molecular flexibility index (Phi) is 14.8. The summed E-state index contributed by atoms with van der Waals surface area (Å²) in [4.78, 5) is 8.97. The van der Waals surface area contributed by atoms with Crippen molar-refractivity contribution in [1.82, 2.24) is 0 Å². The summed E-state index contributed by atoms with van der Waals surface area (Å²) in [5.41, 5.74) is 0. The molecule has 0 aromatic rings. The van der Waals surface area contributed by atoms with Crippen LogP contribution >= 0.6 is 0 Å². The van der Waals surface area contributed by atoms with Crippen molar-refractivity contribution in [1.29, 1.82) is 0 Å². The van der Waals surface area contributed by atoms with Crippen LogP contribution < -0.4 is 0 Å². The van der Waals surface area contributed by atoms with Gasteiger partial charge in [-0.05, 0) is 6.42 Å². The van der Waals surface area contributed by atoms with Gasteiger partial charge in [0, 0.05) is 6.42 Å². The minimum absolute atomic E-state index is 0.0495. The molecule has 0 heterocycles. The first kappa shape index (κ1) is 26.3. The highest BCUT2D eigenvalue weighted by atomic mass is 32.2. The Balaban J connectivity index is 4.14. The number of aliphatic hydroxyl groups is 2. The largest absolute Gasteiger partial charge is 0.460 e. The van der Waals surface area contributed by atoms with Gasteiger partial charge < -0.3 is 19.7 Å². The molecule has 0 aromatic heterocycles. The average molecular weight is 413 g/mol. The number of rotatable bonds is 18. The fourth-order valence-electron chi connectivity index (χ4n) is 2.66. The third-order valence-corrected chi connectivity index (χ3v) is 5.54. The predicted octanol–water partition coefficient (Wildman–Crippen LogP) is 2.43. The van der Waals surface area contributed by atoms with Gasteiger partial charge in [0.2, 0.25) is 0 Å². The maximum Gasteiger partial charge on any atom is 0.357 e. The summed E-state index contributed by atoms with van der Waals surface area (Å²) < 4.78 is 41.7. The zero-order valence-electron chi connectivity index (χ0n) is 16.4. The summed E-state index contributed by atoms with van der Waals surface area (Å²) in [6.07, 6.45) is 9.66. The van der Waals surface area contributed by atoms with Gasteiger partial charge in [0.1, 0.15) is 6.61 Å². The molecule has 0 radical (unpaired) electrons. The molecular formula is C18H36O8S. The predicted molar refractivity (Wildman–Crippen MR) is 102 cm³/mol. The minimum atomic E-state index is -5.02. The molecule has 0 amide bonds. The van der Waals surface area contributed by atoms with Gasteiger partial charge >= 0.3 is 16.1 Å². The molecule has 27 heavy (non-hydrogen) atoms. The van der Waals surface area contributed by atoms with Crippen LogP contribution in [0.3, 0.4) is 0 Å². The molecule has 0 spiro atoms. The van der Waals surface area contributed by atoms with E-state index in [0.717, 1.165) is 19.3 Å². The first-order valence-electron chi connectivity index (χ1n) is 9.84. The third kappa shape index (κ3) is 11.6. The third-order valence-electron chi connectivity index (χ3n) is 4.31. The molecule has 0 saturated carbocycles. The fraction of sp³-hybridized carbons (Fsp3) is 0.944. The van der Waals surface area contributed by atoms with E-state index in [1.54, 1.807) is 0 Å². The lowest BCUT2D eigenvalue weighted by Crippen LogP contribution is -2.47. The smallest absolute Gasteiger partial charge is 0.357 e. The van der Waals surface area contributed by atoms with E-state index >= 15 is 0 Å². The van der Waals surface area contributed by atoms with Crippen molar-refractivity contribution < 1.29 is 37.5 Å². The number of hydrogen-bond acceptors (Lipinski definition) is 7. The fourth-order valence-corrected chi connectivity index (χ4v) is 3.33. The number of carbonyl (C=O) groups excluding carboxylic acids is 1. The van der Waals surface area contributed by atoms with Crippen LogP contribution in [-0.4, -0.2) is 60.5 Å². The summed E-state index contributed by atoms with van der Waals surface area (Å²) in [7, 11) is -5.02. The molecule has 162 valence electrons. The maximum atomic E-state index is 11.9. The quantitative estimate of drug-likeness (QED) is 0.178. The van der Waals surface area contributed by atoms with Crippen molar-refractivity contribution in [2.45, 2.75) is 82.5 Å². The standard InChI is InChI=1S/C18H36O8S/c1-2-3-4-5-6-7-8-9-10-11-12-18(21,27(22,23)24)17(20)26-16-15-25-14-13-19/h19,21H,2-16H2,1H3,(H,22,23,24). The van der Waals surface area contributed by atoms with Crippen LogP contribution in [0.15, 0.2) is 0 Å². The zero-order chi connectivity index (χ0) is 20.6. The number of unbranched alkanes of at least 4 members (excludes halogenated alkanes) is 9. The number of esters is 1. The van der Waals surface area contributed by atoms with E-state index in [0.29, 0.717) is 6.42 Å². The molecule has 9 heteroatoms. The van der Waals surface area contributed by atoms with E-state index in [1.165, 1.54) is 32.1 Å². The van der Waals surface area contributed by atoms with Crippen molar-refractivity contribution in [2.24, 2.45) is 0 Å². The molecule has 1 unspecified atom stereocenters. The molecular weight excluding hydrogens is 376 g/mol. The SMILES string of the molecule is CCCCCCCCCCCCC(O)(C(=O)OCCOCCO)S(=O)(=O)O. The monoisotopic (exact) mass is 412 g/mol. The highest BCUT2D eigenvalue weighted by molar-refractivity contribution is 7.87. The highest BCUT2D eigenvalue weighted by Crippen LogP contribution is 2.23. The molecule has 0 fully saturated rings. The Hall–Kier alpha value is -0.740. The number of aliphatic hydroxyl groups excluding tert-OH is 1. The molecule has 0 aliphatic rings. The first-order chi connectivity index (χ1) is 12.8. The molecule has 0 aliphatic heterocycles. The van der Waals surface area contributed by atoms with Crippen molar-refractivity contribution in [3.63, 3.8) is 0 Å². The van der Waals surface area contributed by atoms with Crippen LogP contribution in [0.1, 0.15) is 77.6 Å². The zero-order valence-corrected chi connectivity index (χ0v) is 17.2. The highest BCUT2D eigenvalue weighted by Gasteiger charge is 2.49. The second-order valence-electron chi connectivity index (χ2n) is 6.66. The number of hydrogen-bond donors (Lipinski definition) is 3. The minimum Gasteiger partial charge on any atom is -0.460 e. The van der Waals surface area contributed by atoms with E-state index in [9.17, 15) is 22.9 Å². The van der Waals surface area contributed by atoms with Gasteiger partial charge in [-0.2, -0.15) is 8.42 Å². The molecule has 0 aromatic carbocycles. The van der Waals surface area contributed by atoms with Crippen LogP contribution in [0.5, 0.6) is 0 Å². The van der Waals surface area contributed by atoms with Gasteiger partial charge in [-0.15, -0.1) is 0 Å². The normalized spacial score (nSPS) is 14.1. The maximum absolute atomic E-state index is 11.9. The second kappa shape index (κ2) is 15.2. The van der Waals surface area contributed by atoms with Gasteiger partial charge in [-0.3, -0.25) is 4.55 Å². The Morgan fingerprint density at radius 3 is 1.89 bits per heavy atom. The molecule has 0 bridgehead atoms. The van der Waals surface area contributed by atoms with Crippen LogP contribution in [-0.2, 0) is 24.4 Å². The number of ether oxygens (including phenoxy) is 2. The van der Waals surface area contributed by atoms with Gasteiger partial charge in [-0.1, -0.05) is 64.7 Å². The average Bonchev–Trinajstić information content (AvgIpc) is 2.61. The summed E-state index contributed by atoms with van der Waals surface area (Å²) in [5, 5.41) is 18.7. The molecule has 8 nitrogen and oxygen atoms in total.